The monoisotopic (exact) mass is 276 g/mol. The van der Waals surface area contributed by atoms with E-state index in [1.54, 1.807) is 0 Å². The van der Waals surface area contributed by atoms with Crippen LogP contribution in [0.3, 0.4) is 0 Å². The first-order valence-corrected chi connectivity index (χ1v) is 7.98. The van der Waals surface area contributed by atoms with E-state index in [1.165, 1.54) is 11.3 Å². The molecule has 3 nitrogen and oxygen atoms in total. The van der Waals surface area contributed by atoms with Crippen molar-refractivity contribution in [2.24, 2.45) is 0 Å². The van der Waals surface area contributed by atoms with Gasteiger partial charge >= 0.3 is 0 Å². The third-order valence-electron chi connectivity index (χ3n) is 4.06. The number of anilines is 1. The van der Waals surface area contributed by atoms with Gasteiger partial charge in [0.1, 0.15) is 0 Å². The first-order valence-electron chi connectivity index (χ1n) is 6.99. The summed E-state index contributed by atoms with van der Waals surface area (Å²) in [5.74, 6) is 1.22. The van der Waals surface area contributed by atoms with Crippen molar-refractivity contribution >= 4 is 23.4 Å². The molecule has 0 aliphatic carbocycles. The molecule has 1 N–H and O–H groups in total. The van der Waals surface area contributed by atoms with Crippen LogP contribution in [0.1, 0.15) is 26.2 Å². The second kappa shape index (κ2) is 5.17. The number of hydrogen-bond acceptors (Lipinski definition) is 3. The molecule has 1 aromatic rings. The van der Waals surface area contributed by atoms with Crippen molar-refractivity contribution in [1.82, 2.24) is 5.32 Å². The predicted octanol–water partition coefficient (Wildman–Crippen LogP) is 2.66. The third kappa shape index (κ3) is 2.39. The molecule has 1 unspecified atom stereocenters. The molecule has 4 heteroatoms. The fourth-order valence-corrected chi connectivity index (χ4v) is 3.91. The van der Waals surface area contributed by atoms with Crippen molar-refractivity contribution in [2.45, 2.75) is 36.6 Å². The highest BCUT2D eigenvalue weighted by Crippen LogP contribution is 2.36. The quantitative estimate of drug-likeness (QED) is 0.856. The number of piperidine rings is 1. The summed E-state index contributed by atoms with van der Waals surface area (Å²) in [7, 11) is 0. The topological polar surface area (TPSA) is 32.3 Å². The standard InChI is InChI=1S/C15H20N2OS/c1-15(8-4-5-9-16-15)14(18)17-10-11-19-13-7-3-2-6-12(13)17/h2-3,6-7,16H,4-5,8-11H2,1H3. The first kappa shape index (κ1) is 13.0. The number of nitrogens with zero attached hydrogens (tertiary/aromatic N) is 1. The first-order chi connectivity index (χ1) is 9.21. The summed E-state index contributed by atoms with van der Waals surface area (Å²) in [6, 6.07) is 8.23. The third-order valence-corrected chi connectivity index (χ3v) is 5.11. The van der Waals surface area contributed by atoms with Crippen molar-refractivity contribution < 1.29 is 4.79 Å². The molecule has 19 heavy (non-hydrogen) atoms. The molecule has 0 aromatic heterocycles. The number of carbonyl (C=O) groups is 1. The number of nitrogens with one attached hydrogen (secondary N) is 1. The lowest BCUT2D eigenvalue weighted by atomic mass is 9.89. The minimum atomic E-state index is -0.382. The summed E-state index contributed by atoms with van der Waals surface area (Å²) in [5.41, 5.74) is 0.699. The Balaban J connectivity index is 1.88. The largest absolute Gasteiger partial charge is 0.309 e. The Kier molecular flexibility index (Phi) is 3.54. The minimum absolute atomic E-state index is 0.236. The maximum Gasteiger partial charge on any atom is 0.247 e. The van der Waals surface area contributed by atoms with E-state index in [-0.39, 0.29) is 11.4 Å². The van der Waals surface area contributed by atoms with Crippen molar-refractivity contribution in [3.8, 4) is 0 Å². The molecule has 1 fully saturated rings. The molecule has 1 amide bonds. The lowest BCUT2D eigenvalue weighted by molar-refractivity contribution is -0.125. The Bertz CT molecular complexity index is 483. The Hall–Kier alpha value is -1.00. The lowest BCUT2D eigenvalue weighted by Gasteiger charge is -2.39. The summed E-state index contributed by atoms with van der Waals surface area (Å²) in [5, 5.41) is 3.43. The number of hydrogen-bond donors (Lipinski definition) is 1. The summed E-state index contributed by atoms with van der Waals surface area (Å²) in [6.07, 6.45) is 3.26. The van der Waals surface area contributed by atoms with E-state index in [1.807, 2.05) is 28.8 Å². The number of benzene rings is 1. The summed E-state index contributed by atoms with van der Waals surface area (Å²) in [4.78, 5) is 16.1. The van der Waals surface area contributed by atoms with Crippen molar-refractivity contribution in [3.05, 3.63) is 24.3 Å². The zero-order valence-electron chi connectivity index (χ0n) is 11.3. The van der Waals surface area contributed by atoms with Gasteiger partial charge in [0, 0.05) is 17.2 Å². The number of amides is 1. The molecule has 1 saturated heterocycles. The Labute approximate surface area is 118 Å². The molecule has 2 aliphatic rings. The van der Waals surface area contributed by atoms with Crippen LogP contribution in [-0.4, -0.2) is 30.3 Å². The van der Waals surface area contributed by atoms with Crippen LogP contribution in [0.5, 0.6) is 0 Å². The van der Waals surface area contributed by atoms with E-state index in [0.29, 0.717) is 0 Å². The Morgan fingerprint density at radius 2 is 2.21 bits per heavy atom. The molecular weight excluding hydrogens is 256 g/mol. The second-order valence-electron chi connectivity index (χ2n) is 5.49. The van der Waals surface area contributed by atoms with Gasteiger partial charge in [-0.3, -0.25) is 4.79 Å². The molecule has 2 aliphatic heterocycles. The molecule has 102 valence electrons. The fourth-order valence-electron chi connectivity index (χ4n) is 2.92. The molecule has 1 aromatic carbocycles. The van der Waals surface area contributed by atoms with Crippen molar-refractivity contribution in [3.63, 3.8) is 0 Å². The molecular formula is C15H20N2OS. The summed E-state index contributed by atoms with van der Waals surface area (Å²) in [6.45, 7) is 3.82. The van der Waals surface area contributed by atoms with Crippen LogP contribution in [0, 0.1) is 0 Å². The van der Waals surface area contributed by atoms with Crippen molar-refractivity contribution in [1.29, 1.82) is 0 Å². The van der Waals surface area contributed by atoms with Gasteiger partial charge in [0.2, 0.25) is 5.91 Å². The van der Waals surface area contributed by atoms with Gasteiger partial charge < -0.3 is 10.2 Å². The number of para-hydroxylation sites is 1. The van der Waals surface area contributed by atoms with E-state index in [9.17, 15) is 4.79 Å². The average Bonchev–Trinajstić information content (AvgIpc) is 2.47. The molecule has 2 heterocycles. The smallest absolute Gasteiger partial charge is 0.247 e. The van der Waals surface area contributed by atoms with E-state index in [0.717, 1.165) is 37.4 Å². The van der Waals surface area contributed by atoms with Crippen LogP contribution in [0.15, 0.2) is 29.2 Å². The minimum Gasteiger partial charge on any atom is -0.309 e. The second-order valence-corrected chi connectivity index (χ2v) is 6.63. The number of rotatable bonds is 1. The van der Waals surface area contributed by atoms with Gasteiger partial charge in [-0.15, -0.1) is 11.8 Å². The average molecular weight is 276 g/mol. The van der Waals surface area contributed by atoms with Crippen LogP contribution in [0.2, 0.25) is 0 Å². The number of carbonyl (C=O) groups excluding carboxylic acids is 1. The van der Waals surface area contributed by atoms with Crippen LogP contribution in [0.4, 0.5) is 5.69 Å². The van der Waals surface area contributed by atoms with Gasteiger partial charge in [-0.1, -0.05) is 12.1 Å². The Morgan fingerprint density at radius 3 is 3.00 bits per heavy atom. The molecule has 0 bridgehead atoms. The van der Waals surface area contributed by atoms with Crippen LogP contribution in [-0.2, 0) is 4.79 Å². The van der Waals surface area contributed by atoms with E-state index < -0.39 is 0 Å². The van der Waals surface area contributed by atoms with Crippen LogP contribution >= 0.6 is 11.8 Å². The molecule has 3 rings (SSSR count). The maximum atomic E-state index is 12.9. The molecule has 0 saturated carbocycles. The van der Waals surface area contributed by atoms with Gasteiger partial charge in [0.25, 0.3) is 0 Å². The summed E-state index contributed by atoms with van der Waals surface area (Å²) >= 11 is 1.84. The highest BCUT2D eigenvalue weighted by molar-refractivity contribution is 7.99. The van der Waals surface area contributed by atoms with Gasteiger partial charge in [0.05, 0.1) is 11.2 Å². The van der Waals surface area contributed by atoms with Crippen LogP contribution in [0.25, 0.3) is 0 Å². The van der Waals surface area contributed by atoms with E-state index in [2.05, 4.69) is 24.4 Å². The van der Waals surface area contributed by atoms with Crippen molar-refractivity contribution in [2.75, 3.05) is 23.7 Å². The Morgan fingerprint density at radius 1 is 1.37 bits per heavy atom. The predicted molar refractivity (Wildman–Crippen MR) is 79.8 cm³/mol. The fraction of sp³-hybridized carbons (Fsp3) is 0.533. The SMILES string of the molecule is CC1(C(=O)N2CCSc3ccccc32)CCCCN1. The zero-order valence-corrected chi connectivity index (χ0v) is 12.1. The normalized spacial score (nSPS) is 26.9. The molecule has 0 spiro atoms. The van der Waals surface area contributed by atoms with Crippen LogP contribution < -0.4 is 10.2 Å². The maximum absolute atomic E-state index is 12.9. The molecule has 0 radical (unpaired) electrons. The van der Waals surface area contributed by atoms with Gasteiger partial charge in [-0.25, -0.2) is 0 Å². The highest BCUT2D eigenvalue weighted by Gasteiger charge is 2.39. The number of fused-ring (bicyclic) bond motifs is 1. The number of thioether (sulfide) groups is 1. The zero-order chi connectivity index (χ0) is 13.3. The summed E-state index contributed by atoms with van der Waals surface area (Å²) < 4.78 is 0. The highest BCUT2D eigenvalue weighted by atomic mass is 32.2. The van der Waals surface area contributed by atoms with Gasteiger partial charge in [-0.05, 0) is 44.9 Å². The molecule has 1 atom stereocenters. The van der Waals surface area contributed by atoms with Gasteiger partial charge in [0.15, 0.2) is 0 Å². The lowest BCUT2D eigenvalue weighted by Crippen LogP contribution is -2.59. The van der Waals surface area contributed by atoms with Gasteiger partial charge in [-0.2, -0.15) is 0 Å². The van der Waals surface area contributed by atoms with E-state index in [4.69, 9.17) is 0 Å². The van der Waals surface area contributed by atoms with E-state index >= 15 is 0 Å².